The molecule has 7 aliphatic rings. The van der Waals surface area contributed by atoms with E-state index in [1.54, 1.807) is 123 Å². The normalized spacial score (nSPS) is 15.4. The number of amides is 3. The second-order valence-electron chi connectivity index (χ2n) is 37.7. The number of hydrogen-bond donors (Lipinski definition) is 6. The maximum Gasteiger partial charge on any atom is 0.410 e. The third kappa shape index (κ3) is 26.8. The molecule has 5 fully saturated rings. The van der Waals surface area contributed by atoms with Crippen LogP contribution in [0.1, 0.15) is 146 Å². The van der Waals surface area contributed by atoms with Gasteiger partial charge < -0.3 is 88.8 Å². The number of anilines is 10. The Morgan fingerprint density at radius 3 is 1.27 bits per heavy atom. The zero-order valence-corrected chi connectivity index (χ0v) is 89.0. The Labute approximate surface area is 856 Å². The molecule has 0 unspecified atom stereocenters. The summed E-state index contributed by atoms with van der Waals surface area (Å²) in [6.45, 7) is 23.6. The Morgan fingerprint density at radius 1 is 0.453 bits per heavy atom. The van der Waals surface area contributed by atoms with E-state index in [2.05, 4.69) is 204 Å². The molecule has 734 valence electrons. The smallest absolute Gasteiger partial charge is 0.410 e. The van der Waals surface area contributed by atoms with Crippen LogP contribution >= 0.6 is 92.1 Å². The fourth-order valence-corrected chi connectivity index (χ4v) is 19.9. The SMILES string of the molecule is CC(C)(C)OC(=O)N1CC(c2ccc(N)nc2)C1.CCc1c(-c2cc(Nc3ccc(C4CN(C)C4)cc3)c(=O)n(C)c2)ccnc1N1CCn2c(cc3c2CCCC3)C1=O.CN1CC(c2ccc(Nc3cc(Br)cn(C)c3=O)nc2)C1.Cl.Cn1cc(Br)cc(Br)c1=O.Cn1cc(Br)cc(Nc2ccc(C3CN(C(=O)OC(C)(C)C)C3)cn2)c1=O.Cn1cc(Br)cc(Nc2ccc(C3CNC3)cn2)c1=O. The van der Waals surface area contributed by atoms with Gasteiger partial charge in [-0.05, 0) is 285 Å². The number of ether oxygens (including phenoxy) is 2. The fourth-order valence-electron chi connectivity index (χ4n) is 16.9. The molecule has 7 N–H and O–H groups in total. The zero-order valence-electron chi connectivity index (χ0n) is 80.3. The lowest BCUT2D eigenvalue weighted by molar-refractivity contribution is 0.00725. The first-order valence-electron chi connectivity index (χ1n) is 45.8. The summed E-state index contributed by atoms with van der Waals surface area (Å²) in [5.41, 5.74) is 19.4. The van der Waals surface area contributed by atoms with Gasteiger partial charge in [0.2, 0.25) is 0 Å². The van der Waals surface area contributed by atoms with Gasteiger partial charge in [-0.3, -0.25) is 33.7 Å². The Hall–Kier alpha value is -11.4. The van der Waals surface area contributed by atoms with E-state index in [1.807, 2.05) is 107 Å². The molecule has 3 amide bonds. The van der Waals surface area contributed by atoms with Crippen LogP contribution < -0.4 is 65.0 Å². The minimum absolute atomic E-state index is 0. The van der Waals surface area contributed by atoms with E-state index in [0.29, 0.717) is 119 Å². The lowest BCUT2D eigenvalue weighted by Crippen LogP contribution is -2.50. The Morgan fingerprint density at radius 2 is 0.856 bits per heavy atom. The van der Waals surface area contributed by atoms with Crippen molar-refractivity contribution < 1.29 is 23.9 Å². The third-order valence-corrected chi connectivity index (χ3v) is 26.9. The number of rotatable bonds is 16. The highest BCUT2D eigenvalue weighted by Crippen LogP contribution is 2.38. The molecule has 12 aromatic rings. The average Bonchev–Trinajstić information content (AvgIpc) is 1.65. The lowest BCUT2D eigenvalue weighted by Gasteiger charge is -2.39. The third-order valence-electron chi connectivity index (χ3n) is 24.6. The van der Waals surface area contributed by atoms with Gasteiger partial charge in [0, 0.05) is 246 Å². The second kappa shape index (κ2) is 45.9. The molecule has 0 spiro atoms. The Balaban J connectivity index is 0.000000148. The number of nitrogens with one attached hydrogen (secondary N) is 5. The molecule has 32 nitrogen and oxygen atoms in total. The summed E-state index contributed by atoms with van der Waals surface area (Å²) in [5, 5.41) is 15.8. The van der Waals surface area contributed by atoms with Crippen LogP contribution in [0.15, 0.2) is 224 Å². The predicted octanol–water partition coefficient (Wildman–Crippen LogP) is 17.4. The zero-order chi connectivity index (χ0) is 98.9. The molecule has 19 rings (SSSR count). The minimum atomic E-state index is -0.486. The van der Waals surface area contributed by atoms with E-state index >= 15 is 0 Å². The van der Waals surface area contributed by atoms with Crippen LogP contribution in [-0.4, -0.2) is 187 Å². The molecule has 11 aromatic heterocycles. The topological polar surface area (TPSA) is 351 Å². The lowest BCUT2D eigenvalue weighted by atomic mass is 9.92. The number of carbonyl (C=O) groups is 3. The number of pyridine rings is 10. The number of carbonyl (C=O) groups excluding carboxylic acids is 3. The maximum absolute atomic E-state index is 13.8. The molecule has 0 atom stereocenters. The molecule has 5 saturated heterocycles. The van der Waals surface area contributed by atoms with Crippen LogP contribution in [-0.2, 0) is 70.5 Å². The van der Waals surface area contributed by atoms with Crippen molar-refractivity contribution in [3.8, 4) is 11.1 Å². The number of nitrogens with zero attached hydrogens (tertiary/aromatic N) is 16. The van der Waals surface area contributed by atoms with Crippen LogP contribution in [0, 0.1) is 0 Å². The van der Waals surface area contributed by atoms with Gasteiger partial charge in [-0.25, -0.2) is 34.5 Å². The van der Waals surface area contributed by atoms with E-state index in [4.69, 9.17) is 20.2 Å². The van der Waals surface area contributed by atoms with Crippen LogP contribution in [0.5, 0.6) is 0 Å². The number of aryl methyl sites for hydroxylation is 6. The molecular weight excluding hydrogens is 2120 g/mol. The van der Waals surface area contributed by atoms with Gasteiger partial charge in [0.1, 0.15) is 68.7 Å². The number of likely N-dealkylation sites (tertiary alicyclic amines) is 4. The van der Waals surface area contributed by atoms with E-state index in [-0.39, 0.29) is 64.2 Å². The average molecular weight is 2240 g/mol. The second-order valence-corrected chi connectivity index (χ2v) is 42.2. The fraction of sp³-hybridized carbons (Fsp3) is 0.376. The van der Waals surface area contributed by atoms with Crippen molar-refractivity contribution in [2.75, 3.05) is 118 Å². The molecule has 139 heavy (non-hydrogen) atoms. The highest BCUT2D eigenvalue weighted by Gasteiger charge is 2.38. The molecule has 38 heteroatoms. The van der Waals surface area contributed by atoms with Gasteiger partial charge in [-0.1, -0.05) is 43.3 Å². The summed E-state index contributed by atoms with van der Waals surface area (Å²) < 4.78 is 24.6. The van der Waals surface area contributed by atoms with E-state index in [0.717, 1.165) is 116 Å². The van der Waals surface area contributed by atoms with Gasteiger partial charge in [-0.15, -0.1) is 12.4 Å². The number of nitrogens with two attached hydrogens (primary N) is 1. The van der Waals surface area contributed by atoms with Gasteiger partial charge in [0.25, 0.3) is 33.7 Å². The van der Waals surface area contributed by atoms with Gasteiger partial charge >= 0.3 is 12.2 Å². The number of hydrogen-bond acceptors (Lipinski definition) is 23. The Kier molecular flexibility index (Phi) is 34.6. The molecular formula is C101H118Br5ClN22O10. The number of benzene rings is 1. The number of halogens is 6. The molecule has 17 heterocycles. The van der Waals surface area contributed by atoms with E-state index < -0.39 is 11.2 Å². The predicted molar refractivity (Wildman–Crippen MR) is 568 cm³/mol. The number of nitrogen functional groups attached to an aromatic ring is 1. The van der Waals surface area contributed by atoms with Gasteiger partial charge in [-0.2, -0.15) is 0 Å². The largest absolute Gasteiger partial charge is 0.444 e. The minimum Gasteiger partial charge on any atom is -0.444 e. The number of aromatic nitrogens is 11. The summed E-state index contributed by atoms with van der Waals surface area (Å²) in [7, 11) is 12.9. The standard InChI is InChI=1S/C34H38N6O2.C19H23BrN4O3.C15H17BrN4O.C14H15BrN4O.C13H19N3O2.C6H5Br2NO.ClH/c1-4-27-28(13-14-35-32(27)40-16-15-39-30-8-6-5-7-23(30)18-31(39)34(40)42)24-17-29(33(41)38(3)21-24)36-26-11-9-22(10-12-26)25-19-37(2)20-25;1-19(2,3)27-18(26)24-9-13(10-24)12-5-6-16(21-8-12)22-15-7-14(20)11-23(4)17(15)25;1-19-7-11(8-19)10-3-4-14(17-6-10)18-13-5-12(16)9-20(2)15(13)21;1-19-8-11(15)4-12(14(19)20)18-13-3-2-9(7-17-13)10-5-16-6-10;1-13(2,3)18-12(17)16-7-10(8-16)9-4-5-11(14)15-6-9;1-9-3-4(7)2-5(8)6(9)10;/h9-14,17-18,21,25,36H,4-8,15-16,19-20H2,1-3H3;5-8,11,13H,9-10H2,1-4H3,(H,21,22);3-6,9,11H,7-8H2,1-2H3,(H,17,18);2-4,7-8,10,16H,5-6H2,1H3,(H,17,18);4-6,10H,7-8H2,1-3H3,(H2,14,15);2-3H,1H3;1H. The van der Waals surface area contributed by atoms with Crippen molar-refractivity contribution in [3.63, 3.8) is 0 Å². The summed E-state index contributed by atoms with van der Waals surface area (Å²) in [5.74, 6) is 5.52. The van der Waals surface area contributed by atoms with Crippen molar-refractivity contribution in [3.05, 3.63) is 302 Å². The van der Waals surface area contributed by atoms with Crippen molar-refractivity contribution in [2.24, 2.45) is 35.2 Å². The van der Waals surface area contributed by atoms with Crippen LogP contribution in [0.3, 0.4) is 0 Å². The van der Waals surface area contributed by atoms with Crippen molar-refractivity contribution >= 4 is 168 Å². The molecule has 0 bridgehead atoms. The van der Waals surface area contributed by atoms with Crippen LogP contribution in [0.25, 0.3) is 11.1 Å². The molecule has 1 aromatic carbocycles. The van der Waals surface area contributed by atoms with Crippen LogP contribution in [0.2, 0.25) is 0 Å². The number of likely N-dealkylation sites (N-methyl/N-ethyl adjacent to an activating group) is 2. The monoisotopic (exact) mass is 2230 g/mol. The van der Waals surface area contributed by atoms with E-state index in [1.165, 1.54) is 59.1 Å². The Bertz CT molecular complexity index is 6690. The molecule has 6 aliphatic heterocycles. The molecule has 1 aliphatic carbocycles. The quantitative estimate of drug-likeness (QED) is 0.0523. The van der Waals surface area contributed by atoms with E-state index in [9.17, 15) is 38.4 Å². The first kappa shape index (κ1) is 105. The van der Waals surface area contributed by atoms with Crippen molar-refractivity contribution in [1.29, 1.82) is 0 Å². The number of fused-ring (bicyclic) bond motifs is 3. The van der Waals surface area contributed by atoms with Crippen LogP contribution in [0.4, 0.5) is 67.1 Å². The molecule has 0 radical (unpaired) electrons. The van der Waals surface area contributed by atoms with Crippen molar-refractivity contribution in [1.82, 2.24) is 77.2 Å². The highest BCUT2D eigenvalue weighted by molar-refractivity contribution is 9.11. The molecule has 0 saturated carbocycles. The highest BCUT2D eigenvalue weighted by atomic mass is 79.9. The summed E-state index contributed by atoms with van der Waals surface area (Å²) >= 11 is 16.5. The summed E-state index contributed by atoms with van der Waals surface area (Å²) in [6.07, 6.45) is 22.5. The van der Waals surface area contributed by atoms with Gasteiger partial charge in [0.05, 0.1) is 4.47 Å². The first-order chi connectivity index (χ1) is 65.6. The maximum atomic E-state index is 13.8. The van der Waals surface area contributed by atoms with Gasteiger partial charge in [0.15, 0.2) is 0 Å². The first-order valence-corrected chi connectivity index (χ1v) is 49.7. The van der Waals surface area contributed by atoms with Crippen molar-refractivity contribution in [2.45, 2.75) is 128 Å². The summed E-state index contributed by atoms with van der Waals surface area (Å²) in [6, 6.07) is 36.9. The summed E-state index contributed by atoms with van der Waals surface area (Å²) in [4.78, 5) is 130.